The Morgan fingerprint density at radius 2 is 1.75 bits per heavy atom. The Bertz CT molecular complexity index is 783. The zero-order valence-electron chi connectivity index (χ0n) is 16.6. The Morgan fingerprint density at radius 1 is 1.04 bits per heavy atom. The molecular weight excluding hydrogens is 352 g/mol. The van der Waals surface area contributed by atoms with Gasteiger partial charge in [-0.3, -0.25) is 9.69 Å². The van der Waals surface area contributed by atoms with Crippen molar-refractivity contribution >= 4 is 12.0 Å². The zero-order valence-corrected chi connectivity index (χ0v) is 16.6. The summed E-state index contributed by atoms with van der Waals surface area (Å²) in [5, 5.41) is 0. The summed E-state index contributed by atoms with van der Waals surface area (Å²) in [5.74, 6) is 1.39. The van der Waals surface area contributed by atoms with Crippen molar-refractivity contribution < 1.29 is 14.3 Å². The normalized spacial score (nSPS) is 16.1. The molecule has 0 radical (unpaired) electrons. The van der Waals surface area contributed by atoms with Gasteiger partial charge >= 0.3 is 0 Å². The molecule has 2 aromatic carbocycles. The number of benzene rings is 2. The largest absolute Gasteiger partial charge is 0.497 e. The monoisotopic (exact) mass is 380 g/mol. The van der Waals surface area contributed by atoms with Gasteiger partial charge in [-0.2, -0.15) is 0 Å². The molecule has 1 fully saturated rings. The Balaban J connectivity index is 1.44. The van der Waals surface area contributed by atoms with Crippen molar-refractivity contribution in [3.8, 4) is 11.5 Å². The number of piperazine rings is 1. The second-order valence-corrected chi connectivity index (χ2v) is 6.88. The summed E-state index contributed by atoms with van der Waals surface area (Å²) in [7, 11) is 1.61. The van der Waals surface area contributed by atoms with Crippen molar-refractivity contribution in [3.05, 3.63) is 66.2 Å². The van der Waals surface area contributed by atoms with Crippen LogP contribution in [0, 0.1) is 0 Å². The van der Waals surface area contributed by atoms with Gasteiger partial charge in [0.15, 0.2) is 6.10 Å². The van der Waals surface area contributed by atoms with Crippen LogP contribution < -0.4 is 9.47 Å². The summed E-state index contributed by atoms with van der Waals surface area (Å²) >= 11 is 0. The van der Waals surface area contributed by atoms with Crippen molar-refractivity contribution in [1.29, 1.82) is 0 Å². The fraction of sp³-hybridized carbons (Fsp3) is 0.348. The molecule has 1 saturated heterocycles. The molecule has 1 amide bonds. The number of carbonyl (C=O) groups excluding carboxylic acids is 1. The molecule has 2 aromatic rings. The van der Waals surface area contributed by atoms with Gasteiger partial charge in [-0.05, 0) is 24.6 Å². The summed E-state index contributed by atoms with van der Waals surface area (Å²) in [5.41, 5.74) is 1.21. The molecule has 0 saturated carbocycles. The maximum absolute atomic E-state index is 12.7. The Labute approximate surface area is 167 Å². The summed E-state index contributed by atoms with van der Waals surface area (Å²) in [4.78, 5) is 16.9. The number of carbonyl (C=O) groups is 1. The first kappa shape index (κ1) is 20.0. The van der Waals surface area contributed by atoms with E-state index in [0.29, 0.717) is 11.5 Å². The lowest BCUT2D eigenvalue weighted by Gasteiger charge is -2.35. The van der Waals surface area contributed by atoms with Gasteiger partial charge in [-0.15, -0.1) is 0 Å². The standard InChI is InChI=1S/C23H28N2O3/c1-19(28-22-12-6-11-21(18-22)27-2)23(26)25-16-14-24(15-17-25)13-7-10-20-8-4-3-5-9-20/h3-12,18-19H,13-17H2,1-2H3/b10-7+/t19-/m0/s1. The fourth-order valence-corrected chi connectivity index (χ4v) is 3.24. The van der Waals surface area contributed by atoms with Crippen molar-refractivity contribution in [2.75, 3.05) is 39.8 Å². The molecular formula is C23H28N2O3. The summed E-state index contributed by atoms with van der Waals surface area (Å²) in [6.45, 7) is 5.89. The quantitative estimate of drug-likeness (QED) is 0.739. The van der Waals surface area contributed by atoms with Crippen LogP contribution in [0.1, 0.15) is 12.5 Å². The maximum Gasteiger partial charge on any atom is 0.263 e. The van der Waals surface area contributed by atoms with Crippen LogP contribution in [-0.2, 0) is 4.79 Å². The third kappa shape index (κ3) is 5.60. The number of ether oxygens (including phenoxy) is 2. The number of hydrogen-bond acceptors (Lipinski definition) is 4. The molecule has 1 atom stereocenters. The van der Waals surface area contributed by atoms with E-state index in [2.05, 4.69) is 29.2 Å². The second-order valence-electron chi connectivity index (χ2n) is 6.88. The van der Waals surface area contributed by atoms with Crippen LogP contribution >= 0.6 is 0 Å². The Kier molecular flexibility index (Phi) is 7.09. The third-order valence-electron chi connectivity index (χ3n) is 4.86. The van der Waals surface area contributed by atoms with E-state index >= 15 is 0 Å². The first-order valence-electron chi connectivity index (χ1n) is 9.69. The zero-order chi connectivity index (χ0) is 19.8. The SMILES string of the molecule is COc1cccc(O[C@@H](C)C(=O)N2CCN(C/C=C/c3ccccc3)CC2)c1. The molecule has 0 aliphatic carbocycles. The van der Waals surface area contributed by atoms with Crippen molar-refractivity contribution in [2.45, 2.75) is 13.0 Å². The molecule has 1 aliphatic rings. The van der Waals surface area contributed by atoms with Crippen LogP contribution in [0.5, 0.6) is 11.5 Å². The molecule has 0 aromatic heterocycles. The minimum Gasteiger partial charge on any atom is -0.497 e. The number of hydrogen-bond donors (Lipinski definition) is 0. The number of rotatable bonds is 7. The lowest BCUT2D eigenvalue weighted by molar-refractivity contribution is -0.139. The van der Waals surface area contributed by atoms with Gasteiger partial charge < -0.3 is 14.4 Å². The van der Waals surface area contributed by atoms with Crippen LogP contribution in [0.25, 0.3) is 6.08 Å². The summed E-state index contributed by atoms with van der Waals surface area (Å²) < 4.78 is 11.0. The second kappa shape index (κ2) is 9.95. The molecule has 28 heavy (non-hydrogen) atoms. The van der Waals surface area contributed by atoms with E-state index in [0.717, 1.165) is 32.7 Å². The van der Waals surface area contributed by atoms with Gasteiger partial charge in [-0.25, -0.2) is 0 Å². The van der Waals surface area contributed by atoms with Crippen LogP contribution in [0.4, 0.5) is 0 Å². The average molecular weight is 380 g/mol. The Morgan fingerprint density at radius 3 is 2.46 bits per heavy atom. The van der Waals surface area contributed by atoms with Crippen LogP contribution in [0.15, 0.2) is 60.7 Å². The minimum absolute atomic E-state index is 0.0299. The lowest BCUT2D eigenvalue weighted by Crippen LogP contribution is -2.51. The average Bonchev–Trinajstić information content (AvgIpc) is 2.74. The summed E-state index contributed by atoms with van der Waals surface area (Å²) in [6.07, 6.45) is 3.81. The smallest absolute Gasteiger partial charge is 0.263 e. The molecule has 5 nitrogen and oxygen atoms in total. The fourth-order valence-electron chi connectivity index (χ4n) is 3.24. The predicted molar refractivity (Wildman–Crippen MR) is 112 cm³/mol. The van der Waals surface area contributed by atoms with E-state index < -0.39 is 6.10 Å². The summed E-state index contributed by atoms with van der Waals surface area (Å²) in [6, 6.07) is 17.6. The number of amides is 1. The molecule has 148 valence electrons. The topological polar surface area (TPSA) is 42.0 Å². The maximum atomic E-state index is 12.7. The van der Waals surface area contributed by atoms with Gasteiger partial charge in [0.2, 0.25) is 0 Å². The molecule has 0 spiro atoms. The number of nitrogens with zero attached hydrogens (tertiary/aromatic N) is 2. The molecule has 5 heteroatoms. The van der Waals surface area contributed by atoms with Gasteiger partial charge in [-0.1, -0.05) is 48.6 Å². The van der Waals surface area contributed by atoms with Gasteiger partial charge in [0.25, 0.3) is 5.91 Å². The predicted octanol–water partition coefficient (Wildman–Crippen LogP) is 3.32. The van der Waals surface area contributed by atoms with Crippen molar-refractivity contribution in [1.82, 2.24) is 9.80 Å². The van der Waals surface area contributed by atoms with Gasteiger partial charge in [0.1, 0.15) is 11.5 Å². The molecule has 1 aliphatic heterocycles. The number of methoxy groups -OCH3 is 1. The van der Waals surface area contributed by atoms with Gasteiger partial charge in [0.05, 0.1) is 7.11 Å². The molecule has 1 heterocycles. The van der Waals surface area contributed by atoms with E-state index in [1.54, 1.807) is 20.1 Å². The highest BCUT2D eigenvalue weighted by Crippen LogP contribution is 2.20. The molecule has 3 rings (SSSR count). The molecule has 0 N–H and O–H groups in total. The van der Waals surface area contributed by atoms with Crippen LogP contribution in [0.2, 0.25) is 0 Å². The highest BCUT2D eigenvalue weighted by molar-refractivity contribution is 5.81. The van der Waals surface area contributed by atoms with Crippen LogP contribution in [0.3, 0.4) is 0 Å². The molecule has 0 bridgehead atoms. The van der Waals surface area contributed by atoms with E-state index in [1.165, 1.54) is 5.56 Å². The van der Waals surface area contributed by atoms with Crippen LogP contribution in [-0.4, -0.2) is 61.6 Å². The van der Waals surface area contributed by atoms with E-state index in [9.17, 15) is 4.79 Å². The van der Waals surface area contributed by atoms with Gasteiger partial charge in [0, 0.05) is 38.8 Å². The van der Waals surface area contributed by atoms with E-state index in [1.807, 2.05) is 41.3 Å². The highest BCUT2D eigenvalue weighted by atomic mass is 16.5. The van der Waals surface area contributed by atoms with E-state index in [4.69, 9.17) is 9.47 Å². The van der Waals surface area contributed by atoms with Crippen molar-refractivity contribution in [2.24, 2.45) is 0 Å². The third-order valence-corrected chi connectivity index (χ3v) is 4.86. The first-order valence-corrected chi connectivity index (χ1v) is 9.69. The van der Waals surface area contributed by atoms with Crippen molar-refractivity contribution in [3.63, 3.8) is 0 Å². The Hall–Kier alpha value is -2.79. The first-order chi connectivity index (χ1) is 13.7. The minimum atomic E-state index is -0.517. The van der Waals surface area contributed by atoms with E-state index in [-0.39, 0.29) is 5.91 Å². The highest BCUT2D eigenvalue weighted by Gasteiger charge is 2.25. The molecule has 0 unspecified atom stereocenters. The lowest BCUT2D eigenvalue weighted by atomic mass is 10.2.